The summed E-state index contributed by atoms with van der Waals surface area (Å²) >= 11 is 0. The Bertz CT molecular complexity index is 1490. The molecule has 1 amide bonds. The van der Waals surface area contributed by atoms with Crippen molar-refractivity contribution in [2.24, 2.45) is 0 Å². The number of aromatic nitrogens is 5. The number of H-pyrrole nitrogens is 1. The zero-order chi connectivity index (χ0) is 25.7. The first kappa shape index (κ1) is 23.4. The highest BCUT2D eigenvalue weighted by Crippen LogP contribution is 2.45. The molecule has 1 saturated carbocycles. The Labute approximate surface area is 209 Å². The van der Waals surface area contributed by atoms with Crippen molar-refractivity contribution in [3.8, 4) is 11.4 Å². The van der Waals surface area contributed by atoms with Gasteiger partial charge in [-0.25, -0.2) is 19.7 Å². The maximum atomic E-state index is 13.4. The lowest BCUT2D eigenvalue weighted by atomic mass is 10.1. The second-order valence-corrected chi connectivity index (χ2v) is 9.24. The molecule has 12 heteroatoms. The number of alkyl halides is 3. The smallest absolute Gasteiger partial charge is 0.431 e. The van der Waals surface area contributed by atoms with E-state index in [0.29, 0.717) is 66.8 Å². The van der Waals surface area contributed by atoms with E-state index in [1.807, 2.05) is 6.20 Å². The fourth-order valence-corrected chi connectivity index (χ4v) is 4.83. The molecule has 0 bridgehead atoms. The molecule has 1 N–H and O–H groups in total. The van der Waals surface area contributed by atoms with E-state index in [1.54, 1.807) is 24.1 Å². The molecule has 1 saturated heterocycles. The van der Waals surface area contributed by atoms with E-state index in [4.69, 9.17) is 14.7 Å². The number of ether oxygens (including phenoxy) is 1. The number of nitrogens with zero attached hydrogens (tertiary/aromatic N) is 6. The Kier molecular flexibility index (Phi) is 5.61. The first-order chi connectivity index (χ1) is 17.8. The van der Waals surface area contributed by atoms with Gasteiger partial charge in [0.05, 0.1) is 18.3 Å². The predicted octanol–water partition coefficient (Wildman–Crippen LogP) is 4.74. The topological polar surface area (TPSA) is 100 Å². The molecule has 5 heterocycles. The van der Waals surface area contributed by atoms with Crippen molar-refractivity contribution < 1.29 is 22.7 Å². The molecule has 6 rings (SSSR count). The number of nitrogens with one attached hydrogen (secondary N) is 1. The molecule has 2 aliphatic rings. The average Bonchev–Trinajstić information content (AvgIpc) is 3.64. The zero-order valence-electron chi connectivity index (χ0n) is 20.0. The molecule has 1 aliphatic heterocycles. The summed E-state index contributed by atoms with van der Waals surface area (Å²) in [4.78, 5) is 36.5. The normalized spacial score (nSPS) is 16.5. The number of fused-ring (bicyclic) bond motifs is 2. The number of carbonyl (C=O) groups is 1. The standard InChI is InChI=1S/C25H24F3N7O2/c1-2-37-24(36)35-9-7-34(8-10-35)23-20-17(14-3-4-14)12-29-13-18(20)31-22(33-23)15-5-6-30-21-16(15)11-19(32-21)25(26,27)28/h5-6,11-14H,2-4,7-10H2,1H3,(H,30,32). The Balaban J connectivity index is 1.47. The first-order valence-electron chi connectivity index (χ1n) is 12.2. The van der Waals surface area contributed by atoms with Gasteiger partial charge in [0.15, 0.2) is 5.82 Å². The van der Waals surface area contributed by atoms with E-state index in [9.17, 15) is 18.0 Å². The van der Waals surface area contributed by atoms with Crippen molar-refractivity contribution in [3.63, 3.8) is 0 Å². The molecule has 192 valence electrons. The number of piperazine rings is 1. The summed E-state index contributed by atoms with van der Waals surface area (Å²) in [5.41, 5.74) is 1.39. The molecular weight excluding hydrogens is 487 g/mol. The van der Waals surface area contributed by atoms with E-state index in [0.717, 1.165) is 29.9 Å². The van der Waals surface area contributed by atoms with Crippen molar-refractivity contribution >= 4 is 33.8 Å². The van der Waals surface area contributed by atoms with Gasteiger partial charge in [-0.05, 0) is 43.4 Å². The third-order valence-electron chi connectivity index (χ3n) is 6.82. The number of hydrogen-bond acceptors (Lipinski definition) is 7. The summed E-state index contributed by atoms with van der Waals surface area (Å²) in [7, 11) is 0. The molecule has 1 aliphatic carbocycles. The van der Waals surface area contributed by atoms with Gasteiger partial charge < -0.3 is 19.5 Å². The van der Waals surface area contributed by atoms with E-state index < -0.39 is 11.9 Å². The lowest BCUT2D eigenvalue weighted by molar-refractivity contribution is -0.140. The maximum Gasteiger partial charge on any atom is 0.431 e. The van der Waals surface area contributed by atoms with Crippen LogP contribution in [0.1, 0.15) is 36.9 Å². The summed E-state index contributed by atoms with van der Waals surface area (Å²) < 4.78 is 45.3. The second kappa shape index (κ2) is 8.86. The van der Waals surface area contributed by atoms with Gasteiger partial charge in [-0.2, -0.15) is 13.2 Å². The molecule has 4 aromatic heterocycles. The number of aromatic amines is 1. The Hall–Kier alpha value is -3.96. The molecule has 0 atom stereocenters. The predicted molar refractivity (Wildman–Crippen MR) is 130 cm³/mol. The highest BCUT2D eigenvalue weighted by atomic mass is 19.4. The highest BCUT2D eigenvalue weighted by molar-refractivity contribution is 5.97. The number of halogens is 3. The van der Waals surface area contributed by atoms with Crippen molar-refractivity contribution in [2.45, 2.75) is 31.9 Å². The summed E-state index contributed by atoms with van der Waals surface area (Å²) in [5.74, 6) is 1.38. The number of amides is 1. The molecule has 37 heavy (non-hydrogen) atoms. The SMILES string of the molecule is CCOC(=O)N1CCN(c2nc(-c3ccnc4[nH]c(C(F)(F)F)cc34)nc3cncc(C4CC4)c23)CC1. The van der Waals surface area contributed by atoms with Crippen LogP contribution in [0.25, 0.3) is 33.3 Å². The van der Waals surface area contributed by atoms with Crippen LogP contribution in [0.3, 0.4) is 0 Å². The molecule has 2 fully saturated rings. The van der Waals surface area contributed by atoms with Gasteiger partial charge in [0.1, 0.15) is 17.2 Å². The van der Waals surface area contributed by atoms with Gasteiger partial charge in [0, 0.05) is 54.9 Å². The first-order valence-corrected chi connectivity index (χ1v) is 12.2. The largest absolute Gasteiger partial charge is 0.450 e. The van der Waals surface area contributed by atoms with Crippen LogP contribution < -0.4 is 4.90 Å². The van der Waals surface area contributed by atoms with Crippen LogP contribution in [0.2, 0.25) is 0 Å². The second-order valence-electron chi connectivity index (χ2n) is 9.24. The van der Waals surface area contributed by atoms with Gasteiger partial charge in [0.25, 0.3) is 0 Å². The van der Waals surface area contributed by atoms with E-state index in [1.165, 1.54) is 6.20 Å². The number of hydrogen-bond donors (Lipinski definition) is 1. The van der Waals surface area contributed by atoms with Gasteiger partial charge in [-0.1, -0.05) is 0 Å². The van der Waals surface area contributed by atoms with Gasteiger partial charge in [-0.15, -0.1) is 0 Å². The summed E-state index contributed by atoms with van der Waals surface area (Å²) in [6.45, 7) is 4.09. The highest BCUT2D eigenvalue weighted by Gasteiger charge is 2.34. The molecular formula is C25H24F3N7O2. The fourth-order valence-electron chi connectivity index (χ4n) is 4.83. The molecule has 4 aromatic rings. The van der Waals surface area contributed by atoms with Crippen molar-refractivity contribution in [1.29, 1.82) is 0 Å². The van der Waals surface area contributed by atoms with E-state index in [2.05, 4.69) is 19.9 Å². The van der Waals surface area contributed by atoms with Gasteiger partial charge in [-0.3, -0.25) is 4.98 Å². The molecule has 0 radical (unpaired) electrons. The van der Waals surface area contributed by atoms with Crippen molar-refractivity contribution in [2.75, 3.05) is 37.7 Å². The molecule has 0 unspecified atom stereocenters. The third kappa shape index (κ3) is 4.30. The van der Waals surface area contributed by atoms with Crippen LogP contribution in [0.15, 0.2) is 30.7 Å². The fraction of sp³-hybridized carbons (Fsp3) is 0.400. The van der Waals surface area contributed by atoms with Crippen LogP contribution >= 0.6 is 0 Å². The molecule has 9 nitrogen and oxygen atoms in total. The molecule has 0 spiro atoms. The Morgan fingerprint density at radius 3 is 2.65 bits per heavy atom. The lowest BCUT2D eigenvalue weighted by Crippen LogP contribution is -2.49. The minimum Gasteiger partial charge on any atom is -0.450 e. The lowest BCUT2D eigenvalue weighted by Gasteiger charge is -2.35. The Morgan fingerprint density at radius 2 is 1.95 bits per heavy atom. The van der Waals surface area contributed by atoms with Crippen LogP contribution in [-0.2, 0) is 10.9 Å². The van der Waals surface area contributed by atoms with Crippen LogP contribution in [-0.4, -0.2) is 68.7 Å². The number of pyridine rings is 2. The van der Waals surface area contributed by atoms with Crippen molar-refractivity contribution in [3.05, 3.63) is 42.0 Å². The minimum absolute atomic E-state index is 0.114. The third-order valence-corrected chi connectivity index (χ3v) is 6.82. The van der Waals surface area contributed by atoms with Crippen molar-refractivity contribution in [1.82, 2.24) is 29.8 Å². The van der Waals surface area contributed by atoms with Crippen LogP contribution in [0.4, 0.5) is 23.8 Å². The maximum absolute atomic E-state index is 13.4. The summed E-state index contributed by atoms with van der Waals surface area (Å²) in [5, 5.41) is 1.19. The number of carbonyl (C=O) groups excluding carboxylic acids is 1. The molecule has 0 aromatic carbocycles. The summed E-state index contributed by atoms with van der Waals surface area (Å²) in [6, 6.07) is 2.67. The quantitative estimate of drug-likeness (QED) is 0.422. The monoisotopic (exact) mass is 511 g/mol. The minimum atomic E-state index is -4.53. The van der Waals surface area contributed by atoms with Crippen LogP contribution in [0, 0.1) is 0 Å². The van der Waals surface area contributed by atoms with Gasteiger partial charge >= 0.3 is 12.3 Å². The van der Waals surface area contributed by atoms with Crippen LogP contribution in [0.5, 0.6) is 0 Å². The van der Waals surface area contributed by atoms with E-state index >= 15 is 0 Å². The van der Waals surface area contributed by atoms with E-state index in [-0.39, 0.29) is 11.7 Å². The average molecular weight is 512 g/mol. The Morgan fingerprint density at radius 1 is 1.16 bits per heavy atom. The number of rotatable bonds is 4. The van der Waals surface area contributed by atoms with Gasteiger partial charge in [0.2, 0.25) is 0 Å². The summed E-state index contributed by atoms with van der Waals surface area (Å²) in [6.07, 6.45) is 2.22. The number of anilines is 1. The zero-order valence-corrected chi connectivity index (χ0v) is 20.0.